The van der Waals surface area contributed by atoms with Gasteiger partial charge in [-0.25, -0.2) is 4.98 Å². The molecule has 0 bridgehead atoms. The fraction of sp³-hybridized carbons (Fsp3) is 0.588. The summed E-state index contributed by atoms with van der Waals surface area (Å²) in [5, 5.41) is 0. The van der Waals surface area contributed by atoms with Crippen molar-refractivity contribution in [1.82, 2.24) is 9.55 Å². The van der Waals surface area contributed by atoms with E-state index in [9.17, 15) is 0 Å². The van der Waals surface area contributed by atoms with E-state index in [0.717, 1.165) is 17.9 Å². The maximum atomic E-state index is 6.16. The molecule has 114 valence electrons. The van der Waals surface area contributed by atoms with E-state index in [4.69, 9.17) is 16.6 Å². The minimum Gasteiger partial charge on any atom is -0.326 e. The van der Waals surface area contributed by atoms with Crippen molar-refractivity contribution in [3.63, 3.8) is 0 Å². The number of halogens is 1. The first-order valence-electron chi connectivity index (χ1n) is 7.74. The molecule has 0 N–H and O–H groups in total. The lowest BCUT2D eigenvalue weighted by atomic mass is 9.88. The van der Waals surface area contributed by atoms with E-state index in [1.807, 2.05) is 11.8 Å². The quantitative estimate of drug-likeness (QED) is 0.724. The van der Waals surface area contributed by atoms with Crippen LogP contribution in [-0.2, 0) is 12.4 Å². The van der Waals surface area contributed by atoms with Crippen molar-refractivity contribution in [2.45, 2.75) is 56.2 Å². The maximum absolute atomic E-state index is 6.16. The largest absolute Gasteiger partial charge is 0.326 e. The summed E-state index contributed by atoms with van der Waals surface area (Å²) in [4.78, 5) is 4.72. The molecule has 0 saturated heterocycles. The zero-order valence-corrected chi connectivity index (χ0v) is 14.4. The predicted molar refractivity (Wildman–Crippen MR) is 93.4 cm³/mol. The number of aryl methyl sites for hydroxylation is 1. The zero-order valence-electron chi connectivity index (χ0n) is 12.9. The van der Waals surface area contributed by atoms with Gasteiger partial charge in [-0.05, 0) is 43.7 Å². The maximum Gasteiger partial charge on any atom is 0.124 e. The molecule has 0 radical (unpaired) electrons. The number of imidazole rings is 1. The van der Waals surface area contributed by atoms with Crippen LogP contribution in [0.25, 0.3) is 11.0 Å². The van der Waals surface area contributed by atoms with Crippen LogP contribution in [0.1, 0.15) is 43.5 Å². The molecule has 2 nitrogen and oxygen atoms in total. The number of hydrogen-bond donors (Lipinski definition) is 0. The molecule has 1 heterocycles. The fourth-order valence-corrected chi connectivity index (χ4v) is 4.63. The summed E-state index contributed by atoms with van der Waals surface area (Å²) in [6, 6.07) is 6.49. The van der Waals surface area contributed by atoms with E-state index in [0.29, 0.717) is 10.6 Å². The lowest BCUT2D eigenvalue weighted by Gasteiger charge is -2.36. The Balaban J connectivity index is 2.03. The summed E-state index contributed by atoms with van der Waals surface area (Å²) < 4.78 is 2.73. The van der Waals surface area contributed by atoms with Crippen LogP contribution in [0.4, 0.5) is 0 Å². The number of alkyl halides is 1. The SMILES string of the molecule is CSC1(Cn2c(CCl)nc3ccc(C)cc32)CCCCC1. The first kappa shape index (κ1) is 15.2. The highest BCUT2D eigenvalue weighted by Gasteiger charge is 2.32. The summed E-state index contributed by atoms with van der Waals surface area (Å²) in [5.74, 6) is 1.49. The van der Waals surface area contributed by atoms with Gasteiger partial charge in [0.1, 0.15) is 5.82 Å². The Morgan fingerprint density at radius 1 is 1.29 bits per heavy atom. The van der Waals surface area contributed by atoms with Gasteiger partial charge in [0.15, 0.2) is 0 Å². The van der Waals surface area contributed by atoms with Crippen molar-refractivity contribution in [2.24, 2.45) is 0 Å². The highest BCUT2D eigenvalue weighted by atomic mass is 35.5. The third-order valence-electron chi connectivity index (χ3n) is 4.75. The molecular formula is C17H23ClN2S. The summed E-state index contributed by atoms with van der Waals surface area (Å²) in [5.41, 5.74) is 3.60. The number of fused-ring (bicyclic) bond motifs is 1. The van der Waals surface area contributed by atoms with E-state index >= 15 is 0 Å². The Morgan fingerprint density at radius 2 is 2.05 bits per heavy atom. The van der Waals surface area contributed by atoms with Crippen LogP contribution < -0.4 is 0 Å². The lowest BCUT2D eigenvalue weighted by Crippen LogP contribution is -2.33. The topological polar surface area (TPSA) is 17.8 Å². The highest BCUT2D eigenvalue weighted by Crippen LogP contribution is 2.41. The molecule has 2 aromatic rings. The fourth-order valence-electron chi connectivity index (χ4n) is 3.47. The summed E-state index contributed by atoms with van der Waals surface area (Å²) in [7, 11) is 0. The lowest BCUT2D eigenvalue weighted by molar-refractivity contribution is 0.359. The Morgan fingerprint density at radius 3 is 2.71 bits per heavy atom. The molecule has 1 aromatic heterocycles. The zero-order chi connectivity index (χ0) is 14.9. The number of aromatic nitrogens is 2. The standard InChI is InChI=1S/C17H23ClN2S/c1-13-6-7-14-15(10-13)20(16(11-18)19-14)12-17(21-2)8-4-3-5-9-17/h6-7,10H,3-5,8-9,11-12H2,1-2H3. The van der Waals surface area contributed by atoms with Crippen molar-refractivity contribution < 1.29 is 0 Å². The van der Waals surface area contributed by atoms with Crippen molar-refractivity contribution in [1.29, 1.82) is 0 Å². The van der Waals surface area contributed by atoms with Gasteiger partial charge in [-0.2, -0.15) is 11.8 Å². The van der Waals surface area contributed by atoms with Crippen LogP contribution in [0.3, 0.4) is 0 Å². The minimum absolute atomic E-state index is 0.358. The Bertz CT molecular complexity index is 629. The molecule has 3 rings (SSSR count). The second-order valence-corrected chi connectivity index (χ2v) is 7.73. The van der Waals surface area contributed by atoms with Gasteiger partial charge >= 0.3 is 0 Å². The van der Waals surface area contributed by atoms with Crippen LogP contribution in [0.2, 0.25) is 0 Å². The number of rotatable bonds is 4. The molecule has 1 aliphatic rings. The minimum atomic E-state index is 0.358. The number of nitrogens with zero attached hydrogens (tertiary/aromatic N) is 2. The Hall–Kier alpha value is -0.670. The highest BCUT2D eigenvalue weighted by molar-refractivity contribution is 8.00. The third kappa shape index (κ3) is 2.95. The molecule has 0 atom stereocenters. The first-order chi connectivity index (χ1) is 10.2. The third-order valence-corrected chi connectivity index (χ3v) is 6.39. The molecule has 1 aromatic carbocycles. The molecule has 1 saturated carbocycles. The van der Waals surface area contributed by atoms with Gasteiger partial charge in [0, 0.05) is 11.3 Å². The van der Waals surface area contributed by atoms with Gasteiger partial charge in [0.05, 0.1) is 16.9 Å². The second-order valence-electron chi connectivity index (χ2n) is 6.19. The van der Waals surface area contributed by atoms with E-state index in [1.54, 1.807) is 0 Å². The van der Waals surface area contributed by atoms with Crippen molar-refractivity contribution in [2.75, 3.05) is 6.26 Å². The van der Waals surface area contributed by atoms with E-state index in [2.05, 4.69) is 35.9 Å². The van der Waals surface area contributed by atoms with Crippen LogP contribution in [0.5, 0.6) is 0 Å². The smallest absolute Gasteiger partial charge is 0.124 e. The van der Waals surface area contributed by atoms with Gasteiger partial charge in [0.25, 0.3) is 0 Å². The van der Waals surface area contributed by atoms with Crippen LogP contribution in [0, 0.1) is 6.92 Å². The van der Waals surface area contributed by atoms with Crippen LogP contribution in [0.15, 0.2) is 18.2 Å². The Kier molecular flexibility index (Phi) is 4.51. The molecule has 21 heavy (non-hydrogen) atoms. The van der Waals surface area contributed by atoms with Gasteiger partial charge in [-0.15, -0.1) is 11.6 Å². The Labute approximate surface area is 136 Å². The monoisotopic (exact) mass is 322 g/mol. The van der Waals surface area contributed by atoms with Crippen molar-refractivity contribution in [3.8, 4) is 0 Å². The van der Waals surface area contributed by atoms with Crippen molar-refractivity contribution >= 4 is 34.4 Å². The van der Waals surface area contributed by atoms with Gasteiger partial charge in [-0.3, -0.25) is 0 Å². The van der Waals surface area contributed by atoms with Gasteiger partial charge in [-0.1, -0.05) is 25.3 Å². The molecule has 4 heteroatoms. The van der Waals surface area contributed by atoms with Gasteiger partial charge in [0.2, 0.25) is 0 Å². The van der Waals surface area contributed by atoms with Gasteiger partial charge < -0.3 is 4.57 Å². The first-order valence-corrected chi connectivity index (χ1v) is 9.50. The predicted octanol–water partition coefficient (Wildman–Crippen LogP) is 5.15. The number of thioether (sulfide) groups is 1. The summed E-state index contributed by atoms with van der Waals surface area (Å²) in [6.45, 7) is 3.18. The molecule has 0 amide bonds. The molecule has 1 aliphatic carbocycles. The average molecular weight is 323 g/mol. The molecule has 1 fully saturated rings. The van der Waals surface area contributed by atoms with E-state index in [1.165, 1.54) is 43.2 Å². The molecular weight excluding hydrogens is 300 g/mol. The summed E-state index contributed by atoms with van der Waals surface area (Å²) >= 11 is 8.19. The second kappa shape index (κ2) is 6.21. The molecule has 0 unspecified atom stereocenters. The number of benzene rings is 1. The van der Waals surface area contributed by atoms with E-state index < -0.39 is 0 Å². The average Bonchev–Trinajstić information content (AvgIpc) is 2.85. The molecule has 0 aliphatic heterocycles. The summed E-state index contributed by atoms with van der Waals surface area (Å²) in [6.07, 6.45) is 8.96. The van der Waals surface area contributed by atoms with E-state index in [-0.39, 0.29) is 0 Å². The molecule has 0 spiro atoms. The van der Waals surface area contributed by atoms with Crippen molar-refractivity contribution in [3.05, 3.63) is 29.6 Å². The van der Waals surface area contributed by atoms with Crippen LogP contribution >= 0.6 is 23.4 Å². The number of hydrogen-bond acceptors (Lipinski definition) is 2. The normalized spacial score (nSPS) is 18.2. The van der Waals surface area contributed by atoms with Crippen LogP contribution in [-0.4, -0.2) is 20.6 Å².